The van der Waals surface area contributed by atoms with Crippen LogP contribution in [0.25, 0.3) is 0 Å². The lowest BCUT2D eigenvalue weighted by Crippen LogP contribution is -2.59. The summed E-state index contributed by atoms with van der Waals surface area (Å²) in [6.45, 7) is 11.0. The maximum Gasteiger partial charge on any atom is 0.311 e. The summed E-state index contributed by atoms with van der Waals surface area (Å²) in [5, 5.41) is 55.6. The summed E-state index contributed by atoms with van der Waals surface area (Å²) in [7, 11) is 3.70. The maximum absolute atomic E-state index is 13.2. The number of cyclic esters (lactones) is 1. The Kier molecular flexibility index (Phi) is 11.8. The van der Waals surface area contributed by atoms with Gasteiger partial charge in [-0.1, -0.05) is 13.8 Å². The minimum atomic E-state index is -1.67. The number of esters is 1. The van der Waals surface area contributed by atoms with Crippen LogP contribution in [0.1, 0.15) is 67.7 Å². The second-order valence-electron chi connectivity index (χ2n) is 12.4. The number of nitrogens with zero attached hydrogens (tertiary/aromatic N) is 1. The van der Waals surface area contributed by atoms with Crippen LogP contribution in [0.3, 0.4) is 0 Å². The van der Waals surface area contributed by atoms with Gasteiger partial charge in [0.15, 0.2) is 6.29 Å². The smallest absolute Gasteiger partial charge is 0.311 e. The van der Waals surface area contributed by atoms with E-state index in [1.54, 1.807) is 20.8 Å². The molecule has 0 unspecified atom stereocenters. The topological polar surface area (TPSA) is 175 Å². The van der Waals surface area contributed by atoms with Gasteiger partial charge in [0.1, 0.15) is 17.8 Å². The summed E-state index contributed by atoms with van der Waals surface area (Å²) in [4.78, 5) is 15.1. The Morgan fingerprint density at radius 3 is 2.27 bits per heavy atom. The first-order chi connectivity index (χ1) is 18.4. The highest BCUT2D eigenvalue weighted by Gasteiger charge is 2.48. The third-order valence-corrected chi connectivity index (χ3v) is 8.42. The summed E-state index contributed by atoms with van der Waals surface area (Å²) in [5.74, 6) is -2.62. The Balaban J connectivity index is 2.64. The molecular weight excluding hydrogens is 520 g/mol. The Labute approximate surface area is 238 Å². The highest BCUT2D eigenvalue weighted by atomic mass is 16.7. The summed E-state index contributed by atoms with van der Waals surface area (Å²) in [5.41, 5.74) is 3.96. The molecule has 40 heavy (non-hydrogen) atoms. The average molecular weight is 573 g/mol. The molecule has 0 saturated carbocycles. The van der Waals surface area contributed by atoms with Gasteiger partial charge in [0.05, 0.1) is 36.4 Å². The van der Waals surface area contributed by atoms with E-state index in [1.165, 1.54) is 26.8 Å². The van der Waals surface area contributed by atoms with Gasteiger partial charge in [-0.2, -0.15) is 0 Å². The molecular formula is C29H52N2O9. The van der Waals surface area contributed by atoms with Crippen LogP contribution in [0, 0.1) is 11.8 Å². The second-order valence-corrected chi connectivity index (χ2v) is 12.4. The molecule has 2 rings (SSSR count). The molecule has 2 aliphatic heterocycles. The molecule has 0 spiro atoms. The SMILES string of the molecule is CC[C@H]1OC(=O)[C@H](C)[C@@H](O)[C@H](C)[C@@H](O[C@@H]2O[C@H](C)C[C@H](N(C)C)[C@H]2O)[C@@](C)(O)CC(C)=C(N)C(CO)=C[C@]1(C)O. The first-order valence-electron chi connectivity index (χ1n) is 14.1. The normalized spacial score (nSPS) is 42.8. The Bertz CT molecular complexity index is 932. The predicted molar refractivity (Wildman–Crippen MR) is 150 cm³/mol. The Morgan fingerprint density at radius 2 is 1.75 bits per heavy atom. The van der Waals surface area contributed by atoms with E-state index >= 15 is 0 Å². The molecule has 1 saturated heterocycles. The van der Waals surface area contributed by atoms with Crippen LogP contribution < -0.4 is 5.73 Å². The van der Waals surface area contributed by atoms with Crippen molar-refractivity contribution in [3.63, 3.8) is 0 Å². The van der Waals surface area contributed by atoms with Crippen LogP contribution in [0.2, 0.25) is 0 Å². The van der Waals surface area contributed by atoms with Crippen molar-refractivity contribution in [1.29, 1.82) is 0 Å². The molecule has 0 bridgehead atoms. The number of aliphatic hydroxyl groups is 5. The fraction of sp³-hybridized carbons (Fsp3) is 0.828. The van der Waals surface area contributed by atoms with Gasteiger partial charge >= 0.3 is 5.97 Å². The largest absolute Gasteiger partial charge is 0.459 e. The van der Waals surface area contributed by atoms with E-state index in [2.05, 4.69) is 0 Å². The number of hydrogen-bond acceptors (Lipinski definition) is 11. The summed E-state index contributed by atoms with van der Waals surface area (Å²) < 4.78 is 17.9. The van der Waals surface area contributed by atoms with E-state index in [1.807, 2.05) is 25.9 Å². The number of hydrogen-bond donors (Lipinski definition) is 6. The molecule has 232 valence electrons. The monoisotopic (exact) mass is 572 g/mol. The number of aliphatic hydroxyl groups excluding tert-OH is 3. The Hall–Kier alpha value is -1.57. The van der Waals surface area contributed by atoms with E-state index in [0.29, 0.717) is 12.0 Å². The van der Waals surface area contributed by atoms with Gasteiger partial charge in [0.25, 0.3) is 0 Å². The number of nitrogens with two attached hydrogens (primary N) is 1. The van der Waals surface area contributed by atoms with Crippen LogP contribution in [0.5, 0.6) is 0 Å². The van der Waals surface area contributed by atoms with E-state index in [9.17, 15) is 30.3 Å². The van der Waals surface area contributed by atoms with Crippen molar-refractivity contribution in [3.05, 3.63) is 22.9 Å². The minimum absolute atomic E-state index is 0.0362. The van der Waals surface area contributed by atoms with Crippen molar-refractivity contribution in [1.82, 2.24) is 4.90 Å². The van der Waals surface area contributed by atoms with E-state index in [0.717, 1.165) is 0 Å². The second kappa shape index (κ2) is 13.6. The van der Waals surface area contributed by atoms with Gasteiger partial charge in [-0.3, -0.25) is 4.79 Å². The van der Waals surface area contributed by atoms with E-state index in [-0.39, 0.29) is 36.3 Å². The van der Waals surface area contributed by atoms with Crippen LogP contribution in [-0.2, 0) is 19.0 Å². The summed E-state index contributed by atoms with van der Waals surface area (Å²) >= 11 is 0. The summed E-state index contributed by atoms with van der Waals surface area (Å²) in [6.07, 6.45) is -3.65. The molecule has 1 fully saturated rings. The lowest BCUT2D eigenvalue weighted by Gasteiger charge is -2.46. The van der Waals surface area contributed by atoms with Gasteiger partial charge in [-0.25, -0.2) is 0 Å². The minimum Gasteiger partial charge on any atom is -0.459 e. The lowest BCUT2D eigenvalue weighted by atomic mass is 9.78. The molecule has 0 radical (unpaired) electrons. The zero-order valence-corrected chi connectivity index (χ0v) is 25.5. The van der Waals surface area contributed by atoms with Crippen molar-refractivity contribution >= 4 is 5.97 Å². The highest BCUT2D eigenvalue weighted by molar-refractivity contribution is 5.73. The van der Waals surface area contributed by atoms with Crippen molar-refractivity contribution in [3.8, 4) is 0 Å². The van der Waals surface area contributed by atoms with Gasteiger partial charge in [-0.05, 0) is 78.8 Å². The molecule has 2 heterocycles. The van der Waals surface area contributed by atoms with Gasteiger partial charge in [0, 0.05) is 24.1 Å². The van der Waals surface area contributed by atoms with Crippen LogP contribution in [0.15, 0.2) is 22.9 Å². The predicted octanol–water partition coefficient (Wildman–Crippen LogP) is 0.810. The number of likely N-dealkylation sites (N-methyl/N-ethyl adjacent to an activating group) is 1. The third kappa shape index (κ3) is 7.83. The quantitative estimate of drug-likeness (QED) is 0.257. The molecule has 0 aromatic rings. The standard InChI is InChI=1S/C29H52N2O9/c1-10-21-28(6,36)13-19(14-32)22(30)15(2)12-29(7,37)25(17(4)23(33)18(5)26(35)39-21)40-27-24(34)20(31(8)9)11-16(3)38-27/h13,16-18,20-21,23-25,27,32-34,36-37H,10-12,14,30H2,1-9H3/t16-,17+,18-,20+,21-,23+,24-,25-,27+,28+,29+/m1/s1. The first kappa shape index (κ1) is 34.6. The number of rotatable bonds is 5. The highest BCUT2D eigenvalue weighted by Crippen LogP contribution is 2.36. The van der Waals surface area contributed by atoms with Crippen LogP contribution in [-0.4, -0.2) is 111 Å². The average Bonchev–Trinajstić information content (AvgIpc) is 2.87. The molecule has 7 N–H and O–H groups in total. The van der Waals surface area contributed by atoms with E-state index < -0.39 is 66.3 Å². The van der Waals surface area contributed by atoms with Gasteiger partial charge in [0.2, 0.25) is 0 Å². The van der Waals surface area contributed by atoms with Crippen molar-refractivity contribution < 1.29 is 44.5 Å². The van der Waals surface area contributed by atoms with Crippen molar-refractivity contribution in [2.45, 2.75) is 122 Å². The number of carbonyl (C=O) groups excluding carboxylic acids is 1. The van der Waals surface area contributed by atoms with Gasteiger partial charge < -0.3 is 50.4 Å². The zero-order valence-electron chi connectivity index (χ0n) is 25.5. The molecule has 2 aliphatic rings. The van der Waals surface area contributed by atoms with Crippen LogP contribution in [0.4, 0.5) is 0 Å². The molecule has 0 aromatic carbocycles. The molecule has 0 amide bonds. The maximum atomic E-state index is 13.2. The number of carbonyl (C=O) groups is 1. The summed E-state index contributed by atoms with van der Waals surface area (Å²) in [6, 6.07) is -0.264. The first-order valence-corrected chi connectivity index (χ1v) is 14.1. The molecule has 0 aliphatic carbocycles. The lowest BCUT2D eigenvalue weighted by molar-refractivity contribution is -0.297. The molecule has 11 atom stereocenters. The third-order valence-electron chi connectivity index (χ3n) is 8.42. The molecule has 11 heteroatoms. The van der Waals surface area contributed by atoms with Crippen molar-refractivity contribution in [2.24, 2.45) is 17.6 Å². The van der Waals surface area contributed by atoms with Crippen molar-refractivity contribution in [2.75, 3.05) is 20.7 Å². The molecule has 0 aromatic heterocycles. The molecule has 11 nitrogen and oxygen atoms in total. The number of ether oxygens (including phenoxy) is 3. The fourth-order valence-corrected chi connectivity index (χ4v) is 5.93. The van der Waals surface area contributed by atoms with E-state index in [4.69, 9.17) is 19.9 Å². The van der Waals surface area contributed by atoms with Crippen LogP contribution >= 0.6 is 0 Å². The fourth-order valence-electron chi connectivity index (χ4n) is 5.93. The van der Waals surface area contributed by atoms with Gasteiger partial charge in [-0.15, -0.1) is 0 Å². The Morgan fingerprint density at radius 1 is 1.15 bits per heavy atom. The zero-order chi connectivity index (χ0) is 30.7.